The van der Waals surface area contributed by atoms with Crippen LogP contribution in [0.3, 0.4) is 0 Å². The first kappa shape index (κ1) is 19.8. The molecule has 154 valence electrons. The number of rotatable bonds is 2. The number of hydrogen-bond acceptors (Lipinski definition) is 4. The van der Waals surface area contributed by atoms with Crippen molar-refractivity contribution in [3.63, 3.8) is 0 Å². The molecule has 0 spiro atoms. The molecule has 0 saturated heterocycles. The Morgan fingerprint density at radius 3 is 2.32 bits per heavy atom. The van der Waals surface area contributed by atoms with E-state index < -0.39 is 0 Å². The topological polar surface area (TPSA) is 52.6 Å². The molecule has 3 fully saturated rings. The predicted octanol–water partition coefficient (Wildman–Crippen LogP) is 5.32. The minimum Gasteiger partial charge on any atom is -0.459 e. The van der Waals surface area contributed by atoms with Gasteiger partial charge in [0.05, 0.1) is 0 Å². The molecular weight excluding hydrogens is 352 g/mol. The summed E-state index contributed by atoms with van der Waals surface area (Å²) in [6, 6.07) is 0. The third kappa shape index (κ3) is 2.79. The van der Waals surface area contributed by atoms with Gasteiger partial charge in [-0.05, 0) is 80.6 Å². The molecule has 4 aliphatic carbocycles. The third-order valence-electron chi connectivity index (χ3n) is 9.00. The van der Waals surface area contributed by atoms with Crippen LogP contribution in [0.25, 0.3) is 0 Å². The van der Waals surface area contributed by atoms with E-state index in [-0.39, 0.29) is 28.4 Å². The monoisotopic (exact) mass is 386 g/mol. The molecule has 28 heavy (non-hydrogen) atoms. The van der Waals surface area contributed by atoms with Crippen LogP contribution in [-0.4, -0.2) is 17.5 Å². The summed E-state index contributed by atoms with van der Waals surface area (Å²) in [5.41, 5.74) is 4.76. The molecule has 4 rings (SSSR count). The molecule has 4 nitrogen and oxygen atoms in total. The number of carbonyl (C=O) groups is 2. The zero-order valence-electron chi connectivity index (χ0n) is 18.0. The fourth-order valence-electron chi connectivity index (χ4n) is 7.41. The van der Waals surface area contributed by atoms with Crippen LogP contribution in [-0.2, 0) is 19.1 Å². The van der Waals surface area contributed by atoms with E-state index in [0.717, 1.165) is 44.3 Å². The number of fused-ring (bicyclic) bond motifs is 5. The van der Waals surface area contributed by atoms with Crippen LogP contribution in [0.15, 0.2) is 17.1 Å². The number of carbonyl (C=O) groups excluding carboxylic acids is 2. The molecule has 0 amide bonds. The van der Waals surface area contributed by atoms with Crippen LogP contribution in [0.5, 0.6) is 0 Å². The van der Waals surface area contributed by atoms with Gasteiger partial charge in [-0.1, -0.05) is 19.6 Å². The van der Waals surface area contributed by atoms with Gasteiger partial charge in [-0.15, -0.1) is 0 Å². The summed E-state index contributed by atoms with van der Waals surface area (Å²) in [5.74, 6) is 2.28. The quantitative estimate of drug-likeness (QED) is 0.476. The summed E-state index contributed by atoms with van der Waals surface area (Å²) in [7, 11) is 0. The molecular formula is C24H34O4. The average molecular weight is 387 g/mol. The third-order valence-corrected chi connectivity index (χ3v) is 9.00. The van der Waals surface area contributed by atoms with Gasteiger partial charge in [0, 0.05) is 25.7 Å². The fraction of sp³-hybridized carbons (Fsp3) is 0.792. The molecule has 4 aliphatic rings. The van der Waals surface area contributed by atoms with E-state index in [2.05, 4.69) is 26.5 Å². The largest absolute Gasteiger partial charge is 0.459 e. The van der Waals surface area contributed by atoms with Crippen molar-refractivity contribution in [2.24, 2.45) is 28.6 Å². The molecule has 3 saturated carbocycles. The van der Waals surface area contributed by atoms with Crippen molar-refractivity contribution in [3.05, 3.63) is 17.1 Å². The number of ether oxygens (including phenoxy) is 2. The molecule has 0 N–H and O–H groups in total. The van der Waals surface area contributed by atoms with Crippen LogP contribution in [0, 0.1) is 28.6 Å². The maximum atomic E-state index is 11.8. The minimum atomic E-state index is -0.333. The Balaban J connectivity index is 1.64. The molecule has 0 heterocycles. The van der Waals surface area contributed by atoms with E-state index in [0.29, 0.717) is 17.8 Å². The SMILES string of the molecule is CC(=O)OC1=C=C2CC[C@@H]3[C@@H](CC[C@@]4(C)[C@H]3CCC4(C)OC(C)=O)[C@@]2(C)CC1. The molecule has 6 atom stereocenters. The second kappa shape index (κ2) is 6.49. The lowest BCUT2D eigenvalue weighted by molar-refractivity contribution is -0.177. The highest BCUT2D eigenvalue weighted by Gasteiger charge is 2.64. The number of allylic oxidation sites excluding steroid dienone is 1. The fourth-order valence-corrected chi connectivity index (χ4v) is 7.41. The smallest absolute Gasteiger partial charge is 0.308 e. The van der Waals surface area contributed by atoms with Gasteiger partial charge in [-0.2, -0.15) is 0 Å². The molecule has 0 aliphatic heterocycles. The summed E-state index contributed by atoms with van der Waals surface area (Å²) >= 11 is 0. The molecule has 0 radical (unpaired) electrons. The van der Waals surface area contributed by atoms with Gasteiger partial charge in [-0.3, -0.25) is 9.59 Å². The second-order valence-corrected chi connectivity index (χ2v) is 10.3. The Kier molecular flexibility index (Phi) is 4.58. The van der Waals surface area contributed by atoms with Crippen molar-refractivity contribution in [1.29, 1.82) is 0 Å². The van der Waals surface area contributed by atoms with E-state index in [1.165, 1.54) is 25.3 Å². The van der Waals surface area contributed by atoms with Gasteiger partial charge in [0.15, 0.2) is 0 Å². The van der Waals surface area contributed by atoms with Gasteiger partial charge in [-0.25, -0.2) is 0 Å². The molecule has 4 heteroatoms. The lowest BCUT2D eigenvalue weighted by Gasteiger charge is -2.58. The molecule has 1 unspecified atom stereocenters. The maximum absolute atomic E-state index is 11.8. The van der Waals surface area contributed by atoms with Gasteiger partial charge in [0.25, 0.3) is 0 Å². The van der Waals surface area contributed by atoms with Crippen molar-refractivity contribution in [1.82, 2.24) is 0 Å². The van der Waals surface area contributed by atoms with E-state index in [9.17, 15) is 9.59 Å². The minimum absolute atomic E-state index is 0.0742. The van der Waals surface area contributed by atoms with Crippen molar-refractivity contribution in [2.75, 3.05) is 0 Å². The average Bonchev–Trinajstić information content (AvgIpc) is 2.85. The standard InChI is InChI=1S/C24H34O4/c1-15(25)27-18-8-11-22(3)17(14-18)6-7-19-20(22)9-12-23(4)21(19)10-13-24(23,5)28-16(2)26/h19-21H,6-13H2,1-5H3/t19-,20-,21+,22+,23+,24?/m1/s1. The van der Waals surface area contributed by atoms with E-state index in [1.807, 2.05) is 0 Å². The maximum Gasteiger partial charge on any atom is 0.308 e. The van der Waals surface area contributed by atoms with Crippen LogP contribution in [0.2, 0.25) is 0 Å². The van der Waals surface area contributed by atoms with Crippen LogP contribution >= 0.6 is 0 Å². The second-order valence-electron chi connectivity index (χ2n) is 10.3. The Hall–Kier alpha value is -1.54. The highest BCUT2D eigenvalue weighted by atomic mass is 16.6. The first-order valence-electron chi connectivity index (χ1n) is 11.0. The van der Waals surface area contributed by atoms with E-state index in [1.54, 1.807) is 6.92 Å². The molecule has 0 aromatic heterocycles. The Morgan fingerprint density at radius 2 is 1.64 bits per heavy atom. The molecule has 0 bridgehead atoms. The number of esters is 2. The predicted molar refractivity (Wildman–Crippen MR) is 106 cm³/mol. The summed E-state index contributed by atoms with van der Waals surface area (Å²) in [5, 5.41) is 0. The lowest BCUT2D eigenvalue weighted by Crippen LogP contribution is -2.54. The van der Waals surface area contributed by atoms with Gasteiger partial charge >= 0.3 is 11.9 Å². The summed E-state index contributed by atoms with van der Waals surface area (Å²) in [6.07, 6.45) is 8.49. The highest BCUT2D eigenvalue weighted by molar-refractivity contribution is 5.67. The first-order chi connectivity index (χ1) is 13.1. The zero-order valence-corrected chi connectivity index (χ0v) is 18.0. The van der Waals surface area contributed by atoms with Crippen molar-refractivity contribution in [2.45, 2.75) is 91.6 Å². The van der Waals surface area contributed by atoms with E-state index in [4.69, 9.17) is 9.47 Å². The van der Waals surface area contributed by atoms with Gasteiger partial charge in [0.1, 0.15) is 11.4 Å². The Labute approximate surface area is 168 Å². The summed E-state index contributed by atoms with van der Waals surface area (Å²) < 4.78 is 11.3. The first-order valence-corrected chi connectivity index (χ1v) is 11.0. The molecule has 0 aromatic carbocycles. The van der Waals surface area contributed by atoms with Crippen LogP contribution in [0.4, 0.5) is 0 Å². The Morgan fingerprint density at radius 1 is 0.929 bits per heavy atom. The summed E-state index contributed by atoms with van der Waals surface area (Å²) in [4.78, 5) is 23.1. The van der Waals surface area contributed by atoms with Crippen molar-refractivity contribution in [3.8, 4) is 0 Å². The van der Waals surface area contributed by atoms with Gasteiger partial charge in [0.2, 0.25) is 0 Å². The Bertz CT molecular complexity index is 775. The zero-order chi connectivity index (χ0) is 20.3. The van der Waals surface area contributed by atoms with Gasteiger partial charge < -0.3 is 9.47 Å². The van der Waals surface area contributed by atoms with E-state index >= 15 is 0 Å². The van der Waals surface area contributed by atoms with Crippen molar-refractivity contribution < 1.29 is 19.1 Å². The summed E-state index contributed by atoms with van der Waals surface area (Å²) in [6.45, 7) is 9.96. The lowest BCUT2D eigenvalue weighted by atomic mass is 9.47. The molecule has 0 aromatic rings. The highest BCUT2D eigenvalue weighted by Crippen LogP contribution is 2.68. The van der Waals surface area contributed by atoms with Crippen LogP contribution < -0.4 is 0 Å². The normalized spacial score (nSPS) is 44.4. The number of hydrogen-bond donors (Lipinski definition) is 0. The van der Waals surface area contributed by atoms with Crippen molar-refractivity contribution >= 4 is 11.9 Å². The van der Waals surface area contributed by atoms with Crippen LogP contribution in [0.1, 0.15) is 86.0 Å².